The van der Waals surface area contributed by atoms with E-state index in [4.69, 9.17) is 4.74 Å². The average Bonchev–Trinajstić information content (AvgIpc) is 3.06. The Morgan fingerprint density at radius 2 is 2.04 bits per heavy atom. The zero-order valence-electron chi connectivity index (χ0n) is 15.0. The van der Waals surface area contributed by atoms with Gasteiger partial charge in [0.1, 0.15) is 0 Å². The van der Waals surface area contributed by atoms with Gasteiger partial charge in [-0.15, -0.1) is 5.10 Å². The molecule has 25 heavy (non-hydrogen) atoms. The Morgan fingerprint density at radius 1 is 1.28 bits per heavy atom. The van der Waals surface area contributed by atoms with Crippen LogP contribution in [0.15, 0.2) is 18.3 Å². The molecular formula is C19H24N4O2. The lowest BCUT2D eigenvalue weighted by molar-refractivity contribution is -0.137. The molecule has 2 unspecified atom stereocenters. The maximum atomic E-state index is 12.9. The molecule has 2 aliphatic rings. The Bertz CT molecular complexity index is 791. The highest BCUT2D eigenvalue weighted by Crippen LogP contribution is 2.30. The van der Waals surface area contributed by atoms with Crippen LogP contribution in [0, 0.1) is 20.8 Å². The van der Waals surface area contributed by atoms with Crippen LogP contribution < -0.4 is 0 Å². The minimum atomic E-state index is 0.0733. The van der Waals surface area contributed by atoms with Gasteiger partial charge in [0.05, 0.1) is 37.1 Å². The summed E-state index contributed by atoms with van der Waals surface area (Å²) in [4.78, 5) is 14.9. The van der Waals surface area contributed by atoms with E-state index in [2.05, 4.69) is 43.2 Å². The van der Waals surface area contributed by atoms with Crippen LogP contribution in [0.1, 0.15) is 40.4 Å². The Hall–Kier alpha value is -2.21. The summed E-state index contributed by atoms with van der Waals surface area (Å²) < 4.78 is 7.87. The number of carbonyl (C=O) groups is 1. The fourth-order valence-corrected chi connectivity index (χ4v) is 4.16. The number of likely N-dealkylation sites (tertiary alicyclic amines) is 1. The van der Waals surface area contributed by atoms with E-state index in [9.17, 15) is 4.79 Å². The molecule has 2 aliphatic heterocycles. The van der Waals surface area contributed by atoms with Crippen molar-refractivity contribution in [2.75, 3.05) is 13.1 Å². The molecule has 0 N–H and O–H groups in total. The predicted octanol–water partition coefficient (Wildman–Crippen LogP) is 2.12. The molecule has 2 aromatic rings. The summed E-state index contributed by atoms with van der Waals surface area (Å²) in [6.07, 6.45) is 3.18. The van der Waals surface area contributed by atoms with Gasteiger partial charge in [0.15, 0.2) is 0 Å². The number of benzene rings is 1. The van der Waals surface area contributed by atoms with E-state index in [-0.39, 0.29) is 18.1 Å². The van der Waals surface area contributed by atoms with Crippen LogP contribution in [0.4, 0.5) is 0 Å². The molecule has 0 spiro atoms. The largest absolute Gasteiger partial charge is 0.370 e. The van der Waals surface area contributed by atoms with Crippen molar-refractivity contribution in [3.8, 4) is 0 Å². The van der Waals surface area contributed by atoms with Gasteiger partial charge < -0.3 is 9.64 Å². The highest BCUT2D eigenvalue weighted by atomic mass is 16.5. The zero-order valence-corrected chi connectivity index (χ0v) is 15.0. The van der Waals surface area contributed by atoms with Crippen molar-refractivity contribution in [2.24, 2.45) is 0 Å². The van der Waals surface area contributed by atoms with Crippen molar-refractivity contribution in [2.45, 2.75) is 52.4 Å². The highest BCUT2D eigenvalue weighted by molar-refractivity contribution is 5.79. The van der Waals surface area contributed by atoms with E-state index < -0.39 is 0 Å². The van der Waals surface area contributed by atoms with Crippen LogP contribution in [-0.4, -0.2) is 45.0 Å². The fourth-order valence-electron chi connectivity index (χ4n) is 4.16. The van der Waals surface area contributed by atoms with Crippen molar-refractivity contribution >= 4 is 5.91 Å². The number of hydrogen-bond donors (Lipinski definition) is 0. The van der Waals surface area contributed by atoms with E-state index in [1.165, 1.54) is 16.7 Å². The molecule has 1 aromatic carbocycles. The normalized spacial score (nSPS) is 22.4. The van der Waals surface area contributed by atoms with E-state index in [1.54, 1.807) is 6.20 Å². The molecule has 3 heterocycles. The molecule has 6 nitrogen and oxygen atoms in total. The summed E-state index contributed by atoms with van der Waals surface area (Å²) in [5.74, 6) is 0.181. The van der Waals surface area contributed by atoms with Crippen molar-refractivity contribution < 1.29 is 9.53 Å². The maximum absolute atomic E-state index is 12.9. The van der Waals surface area contributed by atoms with Crippen molar-refractivity contribution in [3.05, 3.63) is 46.3 Å². The summed E-state index contributed by atoms with van der Waals surface area (Å²) >= 11 is 0. The number of ether oxygens (including phenoxy) is 1. The number of nitrogens with zero attached hydrogens (tertiary/aromatic N) is 4. The molecule has 0 radical (unpaired) electrons. The number of hydrogen-bond acceptors (Lipinski definition) is 4. The lowest BCUT2D eigenvalue weighted by Gasteiger charge is -2.41. The van der Waals surface area contributed by atoms with Gasteiger partial charge in [0, 0.05) is 13.1 Å². The lowest BCUT2D eigenvalue weighted by atomic mass is 9.95. The van der Waals surface area contributed by atoms with Crippen LogP contribution >= 0.6 is 0 Å². The highest BCUT2D eigenvalue weighted by Gasteiger charge is 2.37. The standard InChI is InChI=1S/C19H24N4O2/c1-12-6-13(2)16(14(3)7-12)8-19(24)22-5-4-18-17(10-22)23-15(11-25-18)9-20-21-23/h6-7,9,17-18H,4-5,8,10-11H2,1-3H3. The summed E-state index contributed by atoms with van der Waals surface area (Å²) in [5.41, 5.74) is 5.77. The number of aromatic nitrogens is 3. The molecule has 6 heteroatoms. The first-order chi connectivity index (χ1) is 12.0. The fraction of sp³-hybridized carbons (Fsp3) is 0.526. The maximum Gasteiger partial charge on any atom is 0.227 e. The summed E-state index contributed by atoms with van der Waals surface area (Å²) in [7, 11) is 0. The predicted molar refractivity (Wildman–Crippen MR) is 93.2 cm³/mol. The molecule has 132 valence electrons. The Labute approximate surface area is 147 Å². The van der Waals surface area contributed by atoms with Crippen molar-refractivity contribution in [1.82, 2.24) is 19.9 Å². The first-order valence-electron chi connectivity index (χ1n) is 8.88. The quantitative estimate of drug-likeness (QED) is 0.840. The second kappa shape index (κ2) is 6.26. The molecule has 0 aliphatic carbocycles. The molecular weight excluding hydrogens is 316 g/mol. The van der Waals surface area contributed by atoms with E-state index in [0.29, 0.717) is 19.6 Å². The SMILES string of the molecule is Cc1cc(C)c(CC(=O)N2CCC3OCc4cnnn4C3C2)c(C)c1. The first kappa shape index (κ1) is 16.3. The number of rotatable bonds is 2. The van der Waals surface area contributed by atoms with Crippen LogP contribution in [0.5, 0.6) is 0 Å². The van der Waals surface area contributed by atoms with Crippen molar-refractivity contribution in [3.63, 3.8) is 0 Å². The van der Waals surface area contributed by atoms with E-state index in [0.717, 1.165) is 24.2 Å². The lowest BCUT2D eigenvalue weighted by Crippen LogP contribution is -2.50. The molecule has 1 aromatic heterocycles. The molecule has 1 fully saturated rings. The minimum absolute atomic E-state index is 0.0733. The average molecular weight is 340 g/mol. The van der Waals surface area contributed by atoms with Crippen molar-refractivity contribution in [1.29, 1.82) is 0 Å². The van der Waals surface area contributed by atoms with Gasteiger partial charge >= 0.3 is 0 Å². The molecule has 1 amide bonds. The van der Waals surface area contributed by atoms with Gasteiger partial charge in [-0.2, -0.15) is 0 Å². The van der Waals surface area contributed by atoms with Gasteiger partial charge in [-0.05, 0) is 43.9 Å². The Morgan fingerprint density at radius 3 is 2.80 bits per heavy atom. The second-order valence-electron chi connectivity index (χ2n) is 7.27. The summed E-state index contributed by atoms with van der Waals surface area (Å²) in [5, 5.41) is 8.20. The number of fused-ring (bicyclic) bond motifs is 3. The summed E-state index contributed by atoms with van der Waals surface area (Å²) in [6.45, 7) is 8.22. The topological polar surface area (TPSA) is 60.3 Å². The van der Waals surface area contributed by atoms with E-state index in [1.807, 2.05) is 9.58 Å². The Balaban J connectivity index is 1.51. The third-order valence-electron chi connectivity index (χ3n) is 5.45. The molecule has 0 saturated carbocycles. The second-order valence-corrected chi connectivity index (χ2v) is 7.27. The first-order valence-corrected chi connectivity index (χ1v) is 8.88. The van der Waals surface area contributed by atoms with Crippen LogP contribution in [-0.2, 0) is 22.6 Å². The monoisotopic (exact) mass is 340 g/mol. The smallest absolute Gasteiger partial charge is 0.227 e. The Kier molecular flexibility index (Phi) is 4.07. The van der Waals surface area contributed by atoms with Gasteiger partial charge in [-0.3, -0.25) is 4.79 Å². The van der Waals surface area contributed by atoms with Crippen LogP contribution in [0.2, 0.25) is 0 Å². The van der Waals surface area contributed by atoms with Crippen LogP contribution in [0.3, 0.4) is 0 Å². The van der Waals surface area contributed by atoms with E-state index >= 15 is 0 Å². The van der Waals surface area contributed by atoms with Gasteiger partial charge in [0.25, 0.3) is 0 Å². The minimum Gasteiger partial charge on any atom is -0.370 e. The molecule has 2 atom stereocenters. The number of carbonyl (C=O) groups excluding carboxylic acids is 1. The number of aryl methyl sites for hydroxylation is 3. The number of amides is 1. The zero-order chi connectivity index (χ0) is 17.6. The number of piperidine rings is 1. The molecule has 1 saturated heterocycles. The van der Waals surface area contributed by atoms with Gasteiger partial charge in [-0.25, -0.2) is 4.68 Å². The van der Waals surface area contributed by atoms with Gasteiger partial charge in [-0.1, -0.05) is 22.9 Å². The third kappa shape index (κ3) is 2.95. The van der Waals surface area contributed by atoms with Crippen LogP contribution in [0.25, 0.3) is 0 Å². The molecule has 4 rings (SSSR count). The summed E-state index contributed by atoms with van der Waals surface area (Å²) in [6, 6.07) is 4.38. The molecule has 0 bridgehead atoms. The van der Waals surface area contributed by atoms with Gasteiger partial charge in [0.2, 0.25) is 5.91 Å². The third-order valence-corrected chi connectivity index (χ3v) is 5.45.